The first-order valence-electron chi connectivity index (χ1n) is 8.02. The number of thiocarbonyl (C=S) groups is 1. The smallest absolute Gasteiger partial charge is 0.269 e. The third-order valence-electron chi connectivity index (χ3n) is 3.34. The highest BCUT2D eigenvalue weighted by Gasteiger charge is 2.06. The number of rotatable bonds is 8. The molecule has 0 bridgehead atoms. The molecule has 0 heterocycles. The lowest BCUT2D eigenvalue weighted by Gasteiger charge is -2.07. The second-order valence-electron chi connectivity index (χ2n) is 5.65. The summed E-state index contributed by atoms with van der Waals surface area (Å²) in [5, 5.41) is 10.6. The Kier molecular flexibility index (Phi) is 9.28. The molecule has 0 radical (unpaired) electrons. The first-order valence-corrected chi connectivity index (χ1v) is 10.0. The normalized spacial score (nSPS) is 10.5. The summed E-state index contributed by atoms with van der Waals surface area (Å²) in [7, 11) is -3.92. The van der Waals surface area contributed by atoms with Gasteiger partial charge in [0.2, 0.25) is 0 Å². The van der Waals surface area contributed by atoms with E-state index in [0.717, 1.165) is 11.1 Å². The topological polar surface area (TPSA) is 159 Å². The van der Waals surface area contributed by atoms with Crippen molar-refractivity contribution < 1.29 is 22.6 Å². The zero-order valence-corrected chi connectivity index (χ0v) is 16.5. The Morgan fingerprint density at radius 3 is 2.04 bits per heavy atom. The molecule has 152 valence electrons. The van der Waals surface area contributed by atoms with Crippen LogP contribution in [0.4, 0.5) is 5.69 Å². The molecule has 11 heteroatoms. The molecule has 0 aliphatic rings. The maximum absolute atomic E-state index is 10.7. The van der Waals surface area contributed by atoms with E-state index in [-0.39, 0.29) is 16.6 Å². The number of benzene rings is 2. The Balaban J connectivity index is 0.000000892. The minimum absolute atomic E-state index is 0.000000000000000222. The lowest BCUT2D eigenvalue weighted by molar-refractivity contribution is -0.384. The minimum atomic E-state index is -3.92. The molecule has 2 rings (SSSR count). The van der Waals surface area contributed by atoms with Gasteiger partial charge >= 0.3 is 0 Å². The molecule has 0 saturated heterocycles. The summed E-state index contributed by atoms with van der Waals surface area (Å²) in [6.45, 7) is 0.292. The summed E-state index contributed by atoms with van der Waals surface area (Å²) in [4.78, 5) is 10.1. The average Bonchev–Trinajstić information content (AvgIpc) is 2.60. The largest absolute Gasteiger partial charge is 0.489 e. The number of aryl methyl sites for hydroxylation is 1. The van der Waals surface area contributed by atoms with E-state index in [0.29, 0.717) is 25.2 Å². The van der Waals surface area contributed by atoms with Gasteiger partial charge in [0.15, 0.2) is 5.11 Å². The van der Waals surface area contributed by atoms with Gasteiger partial charge in [0, 0.05) is 12.1 Å². The highest BCUT2D eigenvalue weighted by Crippen LogP contribution is 2.17. The molecule has 28 heavy (non-hydrogen) atoms. The molecule has 0 fully saturated rings. The second kappa shape index (κ2) is 11.2. The summed E-state index contributed by atoms with van der Waals surface area (Å²) >= 11 is 4.09. The Hall–Kier alpha value is -2.76. The van der Waals surface area contributed by atoms with E-state index in [4.69, 9.17) is 9.29 Å². The van der Waals surface area contributed by atoms with Gasteiger partial charge in [-0.1, -0.05) is 12.1 Å². The van der Waals surface area contributed by atoms with Crippen molar-refractivity contribution in [3.05, 3.63) is 69.8 Å². The molecule has 0 aliphatic carbocycles. The predicted molar refractivity (Wildman–Crippen MR) is 110 cm³/mol. The first kappa shape index (κ1) is 23.3. The third kappa shape index (κ3) is 10.4. The standard InChI is InChI=1S/C16H17NO6S.CH4N2S/c18-17(19)15-7-3-14(4-8-15)12-23-16-9-5-13(6-10-16)2-1-11-24(20,21)22;2-1(3)4/h3-10H,1-2,11-12H2,(H,20,21,22);(H4,2,3,4). The monoisotopic (exact) mass is 427 g/mol. The van der Waals surface area contributed by atoms with Gasteiger partial charge in [0.1, 0.15) is 12.4 Å². The SMILES string of the molecule is NC(N)=S.O=[N+]([O-])c1ccc(COc2ccc(CCCS(=O)(=O)O)cc2)cc1. The van der Waals surface area contributed by atoms with Crippen molar-refractivity contribution in [3.63, 3.8) is 0 Å². The van der Waals surface area contributed by atoms with E-state index in [2.05, 4.69) is 23.7 Å². The van der Waals surface area contributed by atoms with Crippen LogP contribution in [0.5, 0.6) is 5.75 Å². The van der Waals surface area contributed by atoms with Crippen molar-refractivity contribution in [2.45, 2.75) is 19.4 Å². The van der Waals surface area contributed by atoms with Crippen LogP contribution in [0.1, 0.15) is 17.5 Å². The summed E-state index contributed by atoms with van der Waals surface area (Å²) in [6.07, 6.45) is 0.893. The molecule has 0 unspecified atom stereocenters. The van der Waals surface area contributed by atoms with Crippen molar-refractivity contribution in [3.8, 4) is 5.75 Å². The fourth-order valence-corrected chi connectivity index (χ4v) is 2.60. The van der Waals surface area contributed by atoms with E-state index < -0.39 is 15.0 Å². The molecule has 0 saturated carbocycles. The van der Waals surface area contributed by atoms with Gasteiger partial charge in [-0.3, -0.25) is 14.7 Å². The number of nitro benzene ring substituents is 1. The lowest BCUT2D eigenvalue weighted by atomic mass is 10.1. The highest BCUT2D eigenvalue weighted by atomic mass is 32.2. The fraction of sp³-hybridized carbons (Fsp3) is 0.235. The fourth-order valence-electron chi connectivity index (χ4n) is 2.09. The number of hydrogen-bond acceptors (Lipinski definition) is 6. The number of nitrogens with two attached hydrogens (primary N) is 2. The zero-order valence-electron chi connectivity index (χ0n) is 14.9. The van der Waals surface area contributed by atoms with E-state index in [1.165, 1.54) is 12.1 Å². The van der Waals surface area contributed by atoms with Crippen molar-refractivity contribution >= 4 is 33.1 Å². The maximum Gasteiger partial charge on any atom is 0.269 e. The molecule has 5 N–H and O–H groups in total. The van der Waals surface area contributed by atoms with Crippen LogP contribution in [0.2, 0.25) is 0 Å². The third-order valence-corrected chi connectivity index (χ3v) is 4.15. The van der Waals surface area contributed by atoms with Crippen LogP contribution < -0.4 is 16.2 Å². The number of hydrogen-bond donors (Lipinski definition) is 3. The molecule has 0 amide bonds. The maximum atomic E-state index is 10.7. The zero-order chi connectivity index (χ0) is 21.2. The molecular formula is C17H21N3O6S2. The first-order chi connectivity index (χ1) is 13.1. The summed E-state index contributed by atoms with van der Waals surface area (Å²) in [5.74, 6) is 0.387. The van der Waals surface area contributed by atoms with Crippen LogP contribution in [-0.2, 0) is 23.1 Å². The Morgan fingerprint density at radius 2 is 1.57 bits per heavy atom. The molecule has 0 atom stereocenters. The van der Waals surface area contributed by atoms with Gasteiger partial charge < -0.3 is 16.2 Å². The molecule has 2 aromatic carbocycles. The average molecular weight is 428 g/mol. The minimum Gasteiger partial charge on any atom is -0.489 e. The number of ether oxygens (including phenoxy) is 1. The van der Waals surface area contributed by atoms with Crippen molar-refractivity contribution in [1.82, 2.24) is 0 Å². The second-order valence-corrected chi connectivity index (χ2v) is 7.69. The van der Waals surface area contributed by atoms with Crippen molar-refractivity contribution in [1.29, 1.82) is 0 Å². The lowest BCUT2D eigenvalue weighted by Crippen LogP contribution is -2.18. The molecular weight excluding hydrogens is 406 g/mol. The molecule has 0 aliphatic heterocycles. The van der Waals surface area contributed by atoms with Crippen LogP contribution in [0, 0.1) is 10.1 Å². The number of nitrogens with zero attached hydrogens (tertiary/aromatic N) is 1. The number of non-ortho nitro benzene ring substituents is 1. The Labute approximate surface area is 168 Å². The molecule has 2 aromatic rings. The van der Waals surface area contributed by atoms with Gasteiger partial charge in [0.05, 0.1) is 10.7 Å². The van der Waals surface area contributed by atoms with Crippen molar-refractivity contribution in [2.75, 3.05) is 5.75 Å². The molecule has 0 spiro atoms. The van der Waals surface area contributed by atoms with Crippen molar-refractivity contribution in [2.24, 2.45) is 11.5 Å². The van der Waals surface area contributed by atoms with Gasteiger partial charge in [-0.25, -0.2) is 0 Å². The number of nitro groups is 1. The van der Waals surface area contributed by atoms with E-state index >= 15 is 0 Å². The van der Waals surface area contributed by atoms with E-state index in [1.54, 1.807) is 24.3 Å². The molecule has 9 nitrogen and oxygen atoms in total. The van der Waals surface area contributed by atoms with E-state index in [1.807, 2.05) is 12.1 Å². The predicted octanol–water partition coefficient (Wildman–Crippen LogP) is 2.18. The van der Waals surface area contributed by atoms with Crippen LogP contribution >= 0.6 is 12.2 Å². The van der Waals surface area contributed by atoms with Gasteiger partial charge in [-0.2, -0.15) is 8.42 Å². The summed E-state index contributed by atoms with van der Waals surface area (Å²) in [6, 6.07) is 13.3. The van der Waals surface area contributed by atoms with E-state index in [9.17, 15) is 18.5 Å². The highest BCUT2D eigenvalue weighted by molar-refractivity contribution is 7.85. The van der Waals surface area contributed by atoms with Gasteiger partial charge in [-0.05, 0) is 60.5 Å². The van der Waals surface area contributed by atoms with Gasteiger partial charge in [0.25, 0.3) is 15.8 Å². The van der Waals surface area contributed by atoms with Crippen LogP contribution in [-0.4, -0.2) is 28.8 Å². The summed E-state index contributed by atoms with van der Waals surface area (Å²) in [5.41, 5.74) is 11.0. The van der Waals surface area contributed by atoms with Crippen LogP contribution in [0.3, 0.4) is 0 Å². The summed E-state index contributed by atoms with van der Waals surface area (Å²) < 4.78 is 35.6. The van der Waals surface area contributed by atoms with Crippen LogP contribution in [0.25, 0.3) is 0 Å². The quantitative estimate of drug-likeness (QED) is 0.248. The Bertz CT molecular complexity index is 880. The van der Waals surface area contributed by atoms with Crippen LogP contribution in [0.15, 0.2) is 48.5 Å². The van der Waals surface area contributed by atoms with Gasteiger partial charge in [-0.15, -0.1) is 0 Å². The Morgan fingerprint density at radius 1 is 1.07 bits per heavy atom. The molecule has 0 aromatic heterocycles.